The molecule has 1 N–H and O–H groups in total. The van der Waals surface area contributed by atoms with E-state index in [-0.39, 0.29) is 18.0 Å². The maximum atomic E-state index is 12.6. The second-order valence-corrected chi connectivity index (χ2v) is 11.1. The van der Waals surface area contributed by atoms with E-state index in [0.717, 1.165) is 74.5 Å². The lowest BCUT2D eigenvalue weighted by Gasteiger charge is -2.19. The summed E-state index contributed by atoms with van der Waals surface area (Å²) in [6.07, 6.45) is 7.82. The zero-order valence-electron chi connectivity index (χ0n) is 22.5. The van der Waals surface area contributed by atoms with Crippen molar-refractivity contribution in [3.05, 3.63) is 20.7 Å². The largest absolute Gasteiger partial charge is 0.481 e. The lowest BCUT2D eigenvalue weighted by atomic mass is 9.99. The number of unbranched alkanes of at least 4 members (excludes halogenated alkanes) is 3. The second kappa shape index (κ2) is 17.1. The van der Waals surface area contributed by atoms with Gasteiger partial charge in [-0.3, -0.25) is 13.9 Å². The topological polar surface area (TPSA) is 85.8 Å². The van der Waals surface area contributed by atoms with Crippen molar-refractivity contribution in [1.82, 2.24) is 9.13 Å². The molecule has 7 nitrogen and oxygen atoms in total. The van der Waals surface area contributed by atoms with Crippen LogP contribution in [-0.4, -0.2) is 44.2 Å². The van der Waals surface area contributed by atoms with Crippen LogP contribution in [0.5, 0.6) is 0 Å². The Morgan fingerprint density at radius 3 is 2.43 bits per heavy atom. The summed E-state index contributed by atoms with van der Waals surface area (Å²) in [6.45, 7) is 10.1. The third-order valence-corrected chi connectivity index (χ3v) is 7.92. The van der Waals surface area contributed by atoms with Gasteiger partial charge < -0.3 is 9.84 Å². The Kier molecular flexibility index (Phi) is 15.4. The highest BCUT2D eigenvalue weighted by atomic mass is 32.2. The summed E-state index contributed by atoms with van der Waals surface area (Å²) in [4.78, 5) is 28.5. The molecule has 0 amide bonds. The van der Waals surface area contributed by atoms with Gasteiger partial charge in [0.15, 0.2) is 0 Å². The zero-order chi connectivity index (χ0) is 26.4. The number of carboxylic acid groups (broad SMARTS) is 1. The first-order valence-electron chi connectivity index (χ1n) is 12.9. The normalized spacial score (nSPS) is 12.9. The lowest BCUT2D eigenvalue weighted by molar-refractivity contribution is -0.137. The SMILES string of the molecule is CCC(CCCCC(=O)O)/C(=N\c1c(C)c(=S)n(C)c(=O)n1C)SCCCCCOCCC(C)C. The fourth-order valence-electron chi connectivity index (χ4n) is 3.76. The average Bonchev–Trinajstić information content (AvgIpc) is 2.81. The number of carboxylic acids is 1. The third kappa shape index (κ3) is 11.4. The Balaban J connectivity index is 2.90. The summed E-state index contributed by atoms with van der Waals surface area (Å²) < 4.78 is 9.27. The molecule has 9 heteroatoms. The van der Waals surface area contributed by atoms with Crippen LogP contribution in [0.2, 0.25) is 0 Å². The highest BCUT2D eigenvalue weighted by molar-refractivity contribution is 8.14. The van der Waals surface area contributed by atoms with Crippen LogP contribution < -0.4 is 5.69 Å². The highest BCUT2D eigenvalue weighted by Crippen LogP contribution is 2.28. The van der Waals surface area contributed by atoms with Gasteiger partial charge in [-0.1, -0.05) is 45.8 Å². The molecule has 0 saturated heterocycles. The summed E-state index contributed by atoms with van der Waals surface area (Å²) in [7, 11) is 3.42. The van der Waals surface area contributed by atoms with Crippen LogP contribution in [0.15, 0.2) is 9.79 Å². The Hall–Kier alpha value is -1.45. The molecule has 0 aliphatic heterocycles. The van der Waals surface area contributed by atoms with Gasteiger partial charge >= 0.3 is 11.7 Å². The van der Waals surface area contributed by atoms with Gasteiger partial charge in [0.1, 0.15) is 10.5 Å². The summed E-state index contributed by atoms with van der Waals surface area (Å²) >= 11 is 7.23. The molecule has 0 bridgehead atoms. The first kappa shape index (κ1) is 31.6. The summed E-state index contributed by atoms with van der Waals surface area (Å²) in [5.74, 6) is 1.71. The number of aromatic nitrogens is 2. The van der Waals surface area contributed by atoms with Crippen LogP contribution in [0.4, 0.5) is 5.82 Å². The van der Waals surface area contributed by atoms with Crippen molar-refractivity contribution in [2.75, 3.05) is 19.0 Å². The van der Waals surface area contributed by atoms with E-state index in [0.29, 0.717) is 22.8 Å². The molecule has 1 unspecified atom stereocenters. The molecule has 35 heavy (non-hydrogen) atoms. The average molecular weight is 528 g/mol. The van der Waals surface area contributed by atoms with Gasteiger partial charge in [0.05, 0.1) is 5.04 Å². The minimum atomic E-state index is -0.754. The van der Waals surface area contributed by atoms with E-state index in [1.54, 1.807) is 30.4 Å². The van der Waals surface area contributed by atoms with Crippen LogP contribution >= 0.6 is 24.0 Å². The summed E-state index contributed by atoms with van der Waals surface area (Å²) in [5.41, 5.74) is 0.637. The number of ether oxygens (including phenoxy) is 1. The fraction of sp³-hybridized carbons (Fsp3) is 0.769. The first-order valence-corrected chi connectivity index (χ1v) is 14.3. The Labute approximate surface area is 220 Å². The summed E-state index contributed by atoms with van der Waals surface area (Å²) in [6, 6.07) is 0. The van der Waals surface area contributed by atoms with Crippen LogP contribution in [0.3, 0.4) is 0 Å². The molecule has 0 spiro atoms. The van der Waals surface area contributed by atoms with Gasteiger partial charge in [-0.05, 0) is 57.1 Å². The predicted molar refractivity (Wildman–Crippen MR) is 150 cm³/mol. The van der Waals surface area contributed by atoms with E-state index >= 15 is 0 Å². The van der Waals surface area contributed by atoms with Crippen molar-refractivity contribution in [3.63, 3.8) is 0 Å². The second-order valence-electron chi connectivity index (χ2n) is 9.55. The first-order chi connectivity index (χ1) is 16.6. The Morgan fingerprint density at radius 2 is 1.80 bits per heavy atom. The molecule has 0 fully saturated rings. The van der Waals surface area contributed by atoms with E-state index < -0.39 is 5.97 Å². The van der Waals surface area contributed by atoms with Crippen molar-refractivity contribution in [3.8, 4) is 0 Å². The molecule has 0 saturated carbocycles. The molecular weight excluding hydrogens is 482 g/mol. The van der Waals surface area contributed by atoms with E-state index in [1.165, 1.54) is 4.57 Å². The maximum absolute atomic E-state index is 12.6. The fourth-order valence-corrected chi connectivity index (χ4v) is 5.15. The standard InChI is InChI=1S/C26H45N3O4S2/c1-7-21(13-9-10-14-22(30)31)24(35-18-12-8-11-16-33-17-15-19(2)3)27-23-20(4)25(34)29(6)26(32)28(23)5/h19,21H,7-18H2,1-6H3,(H,30,31)/b27-24+. The van der Waals surface area contributed by atoms with Gasteiger partial charge in [-0.25, -0.2) is 9.79 Å². The Morgan fingerprint density at radius 1 is 1.09 bits per heavy atom. The molecule has 200 valence electrons. The van der Waals surface area contributed by atoms with E-state index in [1.807, 2.05) is 6.92 Å². The number of hydrogen-bond acceptors (Lipinski definition) is 6. The van der Waals surface area contributed by atoms with Crippen molar-refractivity contribution in [2.45, 2.75) is 85.5 Å². The molecule has 0 aliphatic carbocycles. The molecule has 1 aromatic heterocycles. The Bertz CT molecular complexity index is 901. The maximum Gasteiger partial charge on any atom is 0.330 e. The summed E-state index contributed by atoms with van der Waals surface area (Å²) in [5, 5.41) is 9.96. The lowest BCUT2D eigenvalue weighted by Crippen LogP contribution is -2.28. The molecule has 1 rings (SSSR count). The van der Waals surface area contributed by atoms with Gasteiger partial charge in [0, 0.05) is 45.2 Å². The van der Waals surface area contributed by atoms with Crippen LogP contribution in [-0.2, 0) is 23.6 Å². The van der Waals surface area contributed by atoms with Crippen molar-refractivity contribution < 1.29 is 14.6 Å². The predicted octanol–water partition coefficient (Wildman–Crippen LogP) is 6.43. The molecule has 0 aromatic carbocycles. The number of carbonyl (C=O) groups is 1. The van der Waals surface area contributed by atoms with Gasteiger partial charge in [-0.2, -0.15) is 0 Å². The molecule has 1 atom stereocenters. The van der Waals surface area contributed by atoms with Crippen LogP contribution in [0.1, 0.15) is 84.1 Å². The van der Waals surface area contributed by atoms with Crippen LogP contribution in [0, 0.1) is 23.4 Å². The van der Waals surface area contributed by atoms with Crippen molar-refractivity contribution in [2.24, 2.45) is 30.9 Å². The van der Waals surface area contributed by atoms with E-state index in [2.05, 4.69) is 20.8 Å². The number of aliphatic imine (C=N–C) groups is 1. The molecule has 1 heterocycles. The number of aliphatic carboxylic acids is 1. The van der Waals surface area contributed by atoms with Gasteiger partial charge in [-0.15, -0.1) is 11.8 Å². The monoisotopic (exact) mass is 527 g/mol. The quantitative estimate of drug-likeness (QED) is 0.109. The molecule has 0 radical (unpaired) electrons. The molecule has 1 aromatic rings. The molecule has 0 aliphatic rings. The third-order valence-electron chi connectivity index (χ3n) is 6.13. The smallest absolute Gasteiger partial charge is 0.330 e. The van der Waals surface area contributed by atoms with Crippen molar-refractivity contribution >= 4 is 40.8 Å². The zero-order valence-corrected chi connectivity index (χ0v) is 24.1. The van der Waals surface area contributed by atoms with Gasteiger partial charge in [0.2, 0.25) is 0 Å². The van der Waals surface area contributed by atoms with Gasteiger partial charge in [0.25, 0.3) is 0 Å². The minimum absolute atomic E-state index is 0.185. The number of nitrogens with zero attached hydrogens (tertiary/aromatic N) is 3. The minimum Gasteiger partial charge on any atom is -0.481 e. The number of hydrogen-bond donors (Lipinski definition) is 1. The number of rotatable bonds is 17. The van der Waals surface area contributed by atoms with E-state index in [4.69, 9.17) is 27.1 Å². The van der Waals surface area contributed by atoms with Crippen LogP contribution in [0.25, 0.3) is 0 Å². The molecular formula is C26H45N3O4S2. The number of thioether (sulfide) groups is 1. The highest BCUT2D eigenvalue weighted by Gasteiger charge is 2.18. The van der Waals surface area contributed by atoms with E-state index in [9.17, 15) is 9.59 Å². The van der Waals surface area contributed by atoms with Crippen molar-refractivity contribution in [1.29, 1.82) is 0 Å².